The van der Waals surface area contributed by atoms with Gasteiger partial charge in [-0.1, -0.05) is 19.1 Å². The molecular weight excluding hydrogens is 206 g/mol. The van der Waals surface area contributed by atoms with Crippen LogP contribution < -0.4 is 5.73 Å². The van der Waals surface area contributed by atoms with Crippen LogP contribution in [-0.2, 0) is 0 Å². The van der Waals surface area contributed by atoms with Gasteiger partial charge in [0.25, 0.3) is 0 Å². The number of piperidine rings is 1. The summed E-state index contributed by atoms with van der Waals surface area (Å²) in [6.45, 7) is 4.39. The van der Waals surface area contributed by atoms with E-state index in [2.05, 4.69) is 30.8 Å². The SMILES string of the molecule is CCC(C(N)=S)N1CCCC(N(C)C)C1. The molecule has 1 rings (SSSR count). The van der Waals surface area contributed by atoms with E-state index in [4.69, 9.17) is 18.0 Å². The van der Waals surface area contributed by atoms with Crippen molar-refractivity contribution in [3.63, 3.8) is 0 Å². The monoisotopic (exact) mass is 229 g/mol. The molecule has 3 nitrogen and oxygen atoms in total. The van der Waals surface area contributed by atoms with Crippen LogP contribution in [0.2, 0.25) is 0 Å². The van der Waals surface area contributed by atoms with Crippen LogP contribution in [0.5, 0.6) is 0 Å². The van der Waals surface area contributed by atoms with Crippen molar-refractivity contribution in [2.24, 2.45) is 5.73 Å². The third-order valence-electron chi connectivity index (χ3n) is 3.31. The zero-order chi connectivity index (χ0) is 11.4. The minimum absolute atomic E-state index is 0.294. The van der Waals surface area contributed by atoms with E-state index in [1.807, 2.05) is 0 Å². The van der Waals surface area contributed by atoms with Gasteiger partial charge in [0.2, 0.25) is 0 Å². The fraction of sp³-hybridized carbons (Fsp3) is 0.909. The Balaban J connectivity index is 2.58. The van der Waals surface area contributed by atoms with E-state index in [0.29, 0.717) is 17.1 Å². The third kappa shape index (κ3) is 3.40. The topological polar surface area (TPSA) is 32.5 Å². The Morgan fingerprint density at radius 3 is 2.73 bits per heavy atom. The molecule has 0 amide bonds. The molecule has 0 aromatic rings. The molecule has 2 unspecified atom stereocenters. The molecule has 4 heteroatoms. The van der Waals surface area contributed by atoms with E-state index in [-0.39, 0.29) is 0 Å². The van der Waals surface area contributed by atoms with Gasteiger partial charge in [-0.2, -0.15) is 0 Å². The van der Waals surface area contributed by atoms with Crippen molar-refractivity contribution in [3.05, 3.63) is 0 Å². The van der Waals surface area contributed by atoms with Crippen LogP contribution in [0.1, 0.15) is 26.2 Å². The maximum atomic E-state index is 5.78. The molecule has 1 fully saturated rings. The van der Waals surface area contributed by atoms with Crippen LogP contribution >= 0.6 is 12.2 Å². The zero-order valence-corrected chi connectivity index (χ0v) is 10.9. The number of thiocarbonyl (C=S) groups is 1. The molecule has 1 saturated heterocycles. The molecular formula is C11H23N3S. The molecule has 0 radical (unpaired) electrons. The number of rotatable bonds is 4. The molecule has 15 heavy (non-hydrogen) atoms. The first-order valence-corrected chi connectivity index (χ1v) is 6.16. The predicted octanol–water partition coefficient (Wildman–Crippen LogP) is 1.08. The molecule has 0 bridgehead atoms. The minimum atomic E-state index is 0.294. The van der Waals surface area contributed by atoms with Crippen molar-refractivity contribution in [2.75, 3.05) is 27.2 Å². The van der Waals surface area contributed by atoms with Gasteiger partial charge >= 0.3 is 0 Å². The highest BCUT2D eigenvalue weighted by Crippen LogP contribution is 2.17. The van der Waals surface area contributed by atoms with Crippen molar-refractivity contribution >= 4 is 17.2 Å². The van der Waals surface area contributed by atoms with Gasteiger partial charge in [-0.05, 0) is 39.9 Å². The number of nitrogens with two attached hydrogens (primary N) is 1. The van der Waals surface area contributed by atoms with Crippen molar-refractivity contribution in [1.82, 2.24) is 9.80 Å². The fourth-order valence-corrected chi connectivity index (χ4v) is 2.64. The molecule has 0 spiro atoms. The molecule has 2 N–H and O–H groups in total. The van der Waals surface area contributed by atoms with Crippen molar-refractivity contribution in [3.8, 4) is 0 Å². The van der Waals surface area contributed by atoms with Crippen LogP contribution in [0.25, 0.3) is 0 Å². The number of likely N-dealkylation sites (tertiary alicyclic amines) is 1. The Labute approximate surface area is 98.6 Å². The third-order valence-corrected chi connectivity index (χ3v) is 3.59. The average molecular weight is 229 g/mol. The van der Waals surface area contributed by atoms with Crippen LogP contribution in [0, 0.1) is 0 Å². The lowest BCUT2D eigenvalue weighted by Crippen LogP contribution is -2.52. The van der Waals surface area contributed by atoms with E-state index in [9.17, 15) is 0 Å². The predicted molar refractivity (Wildman–Crippen MR) is 69.1 cm³/mol. The molecule has 1 aliphatic rings. The maximum Gasteiger partial charge on any atom is 0.0901 e. The first-order valence-electron chi connectivity index (χ1n) is 5.76. The lowest BCUT2D eigenvalue weighted by Gasteiger charge is -2.39. The van der Waals surface area contributed by atoms with Gasteiger partial charge < -0.3 is 10.6 Å². The second-order valence-electron chi connectivity index (χ2n) is 4.58. The second kappa shape index (κ2) is 5.77. The van der Waals surface area contributed by atoms with Gasteiger partial charge in [-0.3, -0.25) is 4.90 Å². The van der Waals surface area contributed by atoms with Gasteiger partial charge in [0.05, 0.1) is 11.0 Å². The number of nitrogens with zero attached hydrogens (tertiary/aromatic N) is 2. The second-order valence-corrected chi connectivity index (χ2v) is 5.05. The highest BCUT2D eigenvalue weighted by molar-refractivity contribution is 7.80. The van der Waals surface area contributed by atoms with Gasteiger partial charge in [0.1, 0.15) is 0 Å². The summed E-state index contributed by atoms with van der Waals surface area (Å²) in [5, 5.41) is 0. The zero-order valence-electron chi connectivity index (χ0n) is 10.1. The lowest BCUT2D eigenvalue weighted by molar-refractivity contribution is 0.117. The maximum absolute atomic E-state index is 5.78. The van der Waals surface area contributed by atoms with E-state index in [1.54, 1.807) is 0 Å². The molecule has 0 aromatic carbocycles. The highest BCUT2D eigenvalue weighted by atomic mass is 32.1. The lowest BCUT2D eigenvalue weighted by atomic mass is 10.0. The van der Waals surface area contributed by atoms with Crippen molar-refractivity contribution in [2.45, 2.75) is 38.3 Å². The largest absolute Gasteiger partial charge is 0.392 e. The van der Waals surface area contributed by atoms with Gasteiger partial charge in [-0.25, -0.2) is 0 Å². The average Bonchev–Trinajstić information content (AvgIpc) is 2.18. The summed E-state index contributed by atoms with van der Waals surface area (Å²) in [6, 6.07) is 0.949. The van der Waals surface area contributed by atoms with E-state index < -0.39 is 0 Å². The van der Waals surface area contributed by atoms with E-state index >= 15 is 0 Å². The fourth-order valence-electron chi connectivity index (χ4n) is 2.33. The Morgan fingerprint density at radius 1 is 1.60 bits per heavy atom. The van der Waals surface area contributed by atoms with E-state index in [1.165, 1.54) is 12.8 Å². The molecule has 0 aliphatic carbocycles. The summed E-state index contributed by atoms with van der Waals surface area (Å²) < 4.78 is 0. The summed E-state index contributed by atoms with van der Waals surface area (Å²) in [5.74, 6) is 0. The summed E-state index contributed by atoms with van der Waals surface area (Å²) >= 11 is 5.12. The summed E-state index contributed by atoms with van der Waals surface area (Å²) in [6.07, 6.45) is 3.56. The van der Waals surface area contributed by atoms with Crippen molar-refractivity contribution in [1.29, 1.82) is 0 Å². The molecule has 1 aliphatic heterocycles. The number of hydrogen-bond donors (Lipinski definition) is 1. The molecule has 0 saturated carbocycles. The normalized spacial score (nSPS) is 25.5. The Kier molecular flexibility index (Phi) is 4.96. The quantitative estimate of drug-likeness (QED) is 0.731. The number of likely N-dealkylation sites (N-methyl/N-ethyl adjacent to an activating group) is 1. The van der Waals surface area contributed by atoms with E-state index in [0.717, 1.165) is 19.5 Å². The van der Waals surface area contributed by atoms with Crippen molar-refractivity contribution < 1.29 is 0 Å². The summed E-state index contributed by atoms with van der Waals surface area (Å²) in [5.41, 5.74) is 5.78. The Morgan fingerprint density at radius 2 is 2.27 bits per heavy atom. The van der Waals surface area contributed by atoms with Crippen LogP contribution in [0.15, 0.2) is 0 Å². The minimum Gasteiger partial charge on any atom is -0.392 e. The van der Waals surface area contributed by atoms with Crippen LogP contribution in [0.3, 0.4) is 0 Å². The Hall–Kier alpha value is -0.190. The van der Waals surface area contributed by atoms with Gasteiger partial charge in [-0.15, -0.1) is 0 Å². The molecule has 2 atom stereocenters. The standard InChI is InChI=1S/C11H23N3S/c1-4-10(11(12)15)14-7-5-6-9(8-14)13(2)3/h9-10H,4-8H2,1-3H3,(H2,12,15). The van der Waals surface area contributed by atoms with Crippen LogP contribution in [-0.4, -0.2) is 54.1 Å². The smallest absolute Gasteiger partial charge is 0.0901 e. The molecule has 0 aromatic heterocycles. The molecule has 88 valence electrons. The first kappa shape index (κ1) is 12.9. The van der Waals surface area contributed by atoms with Gasteiger partial charge in [0, 0.05) is 12.6 Å². The first-order chi connectivity index (χ1) is 7.06. The summed E-state index contributed by atoms with van der Waals surface area (Å²) in [7, 11) is 4.30. The highest BCUT2D eigenvalue weighted by Gasteiger charge is 2.27. The van der Waals surface area contributed by atoms with Gasteiger partial charge in [0.15, 0.2) is 0 Å². The summed E-state index contributed by atoms with van der Waals surface area (Å²) in [4.78, 5) is 5.39. The van der Waals surface area contributed by atoms with Crippen LogP contribution in [0.4, 0.5) is 0 Å². The number of hydrogen-bond acceptors (Lipinski definition) is 3. The Bertz CT molecular complexity index is 218. The molecule has 1 heterocycles.